The van der Waals surface area contributed by atoms with Gasteiger partial charge in [-0.05, 0) is 37.5 Å². The van der Waals surface area contributed by atoms with E-state index in [2.05, 4.69) is 40.0 Å². The molecule has 98 valence electrons. The van der Waals surface area contributed by atoms with Crippen LogP contribution in [0.3, 0.4) is 0 Å². The molecule has 16 heavy (non-hydrogen) atoms. The third-order valence-corrected chi connectivity index (χ3v) is 4.86. The molecule has 0 saturated carbocycles. The Morgan fingerprint density at radius 2 is 1.38 bits per heavy atom. The number of hydrogen-bond acceptors (Lipinski definition) is 2. The van der Waals surface area contributed by atoms with Crippen molar-refractivity contribution in [1.29, 1.82) is 0 Å². The highest BCUT2D eigenvalue weighted by molar-refractivity contribution is 5.00. The summed E-state index contributed by atoms with van der Waals surface area (Å²) in [4.78, 5) is 0. The van der Waals surface area contributed by atoms with Gasteiger partial charge in [-0.15, -0.1) is 0 Å². The van der Waals surface area contributed by atoms with E-state index < -0.39 is 0 Å². The average Bonchev–Trinajstić information content (AvgIpc) is 2.35. The molecule has 0 radical (unpaired) electrons. The minimum atomic E-state index is 0.117. The van der Waals surface area contributed by atoms with E-state index >= 15 is 0 Å². The third kappa shape index (κ3) is 2.78. The van der Waals surface area contributed by atoms with Crippen molar-refractivity contribution in [3.05, 3.63) is 0 Å². The summed E-state index contributed by atoms with van der Waals surface area (Å²) in [6.07, 6.45) is 8.55. The zero-order valence-corrected chi connectivity index (χ0v) is 12.0. The lowest BCUT2D eigenvalue weighted by Gasteiger charge is -2.50. The molecule has 0 saturated heterocycles. The van der Waals surface area contributed by atoms with E-state index in [1.54, 1.807) is 0 Å². The molecule has 2 nitrogen and oxygen atoms in total. The summed E-state index contributed by atoms with van der Waals surface area (Å²) >= 11 is 0. The summed E-state index contributed by atoms with van der Waals surface area (Å²) in [5.41, 5.74) is 3.65. The molecule has 0 spiro atoms. The van der Waals surface area contributed by atoms with Crippen molar-refractivity contribution in [2.75, 3.05) is 0 Å². The van der Waals surface area contributed by atoms with Crippen molar-refractivity contribution in [1.82, 2.24) is 5.43 Å². The maximum atomic E-state index is 5.89. The van der Waals surface area contributed by atoms with Crippen LogP contribution in [0.1, 0.15) is 79.6 Å². The van der Waals surface area contributed by atoms with Gasteiger partial charge in [-0.3, -0.25) is 11.3 Å². The lowest BCUT2D eigenvalue weighted by Crippen LogP contribution is -2.60. The van der Waals surface area contributed by atoms with Gasteiger partial charge in [0, 0.05) is 5.54 Å². The Balaban J connectivity index is 5.09. The fourth-order valence-corrected chi connectivity index (χ4v) is 3.39. The van der Waals surface area contributed by atoms with Crippen molar-refractivity contribution < 1.29 is 0 Å². The summed E-state index contributed by atoms with van der Waals surface area (Å²) in [7, 11) is 0. The molecule has 0 fully saturated rings. The molecule has 0 aliphatic heterocycles. The summed E-state index contributed by atoms with van der Waals surface area (Å²) in [6, 6.07) is 0. The second kappa shape index (κ2) is 7.29. The highest BCUT2D eigenvalue weighted by Crippen LogP contribution is 2.46. The minimum Gasteiger partial charge on any atom is -0.271 e. The largest absolute Gasteiger partial charge is 0.271 e. The number of nitrogens with two attached hydrogens (primary N) is 1. The predicted octanol–water partition coefficient (Wildman–Crippen LogP) is 4.01. The first-order chi connectivity index (χ1) is 7.61. The van der Waals surface area contributed by atoms with Crippen LogP contribution in [0.2, 0.25) is 0 Å². The van der Waals surface area contributed by atoms with Gasteiger partial charge in [0.05, 0.1) is 0 Å². The fraction of sp³-hybridized carbons (Fsp3) is 1.00. The molecule has 0 unspecified atom stereocenters. The first-order valence-electron chi connectivity index (χ1n) is 7.09. The fourth-order valence-electron chi connectivity index (χ4n) is 3.39. The van der Waals surface area contributed by atoms with Crippen LogP contribution in [0.25, 0.3) is 0 Å². The van der Waals surface area contributed by atoms with Crippen LogP contribution in [-0.2, 0) is 0 Å². The molecule has 0 aromatic heterocycles. The Labute approximate surface area is 102 Å². The van der Waals surface area contributed by atoms with Crippen molar-refractivity contribution in [2.45, 2.75) is 85.1 Å². The second-order valence-corrected chi connectivity index (χ2v) is 5.02. The van der Waals surface area contributed by atoms with Gasteiger partial charge in [-0.2, -0.15) is 0 Å². The Kier molecular flexibility index (Phi) is 7.25. The van der Waals surface area contributed by atoms with Crippen LogP contribution >= 0.6 is 0 Å². The third-order valence-electron chi connectivity index (χ3n) is 4.86. The van der Waals surface area contributed by atoms with Gasteiger partial charge in [-0.1, -0.05) is 47.5 Å². The molecule has 2 heteroatoms. The molecule has 0 amide bonds. The quantitative estimate of drug-likeness (QED) is 0.462. The molecule has 0 aliphatic rings. The molecule has 0 aromatic carbocycles. The lowest BCUT2D eigenvalue weighted by molar-refractivity contribution is 0.0473. The van der Waals surface area contributed by atoms with Crippen molar-refractivity contribution >= 4 is 0 Å². The maximum absolute atomic E-state index is 5.89. The number of nitrogens with one attached hydrogen (secondary N) is 1. The van der Waals surface area contributed by atoms with Crippen LogP contribution in [0, 0.1) is 5.41 Å². The first kappa shape index (κ1) is 15.9. The van der Waals surface area contributed by atoms with Gasteiger partial charge in [0.2, 0.25) is 0 Å². The highest BCUT2D eigenvalue weighted by atomic mass is 15.3. The Hall–Kier alpha value is -0.0800. The Bertz CT molecular complexity index is 161. The molecule has 0 atom stereocenters. The number of hydrazine groups is 1. The summed E-state index contributed by atoms with van der Waals surface area (Å²) in [5.74, 6) is 5.89. The molecule has 0 bridgehead atoms. The van der Waals surface area contributed by atoms with Gasteiger partial charge in [0.1, 0.15) is 0 Å². The predicted molar refractivity (Wildman–Crippen MR) is 73.2 cm³/mol. The number of rotatable bonds is 9. The average molecular weight is 228 g/mol. The zero-order chi connectivity index (χ0) is 12.7. The van der Waals surface area contributed by atoms with Gasteiger partial charge in [0.25, 0.3) is 0 Å². The zero-order valence-electron chi connectivity index (χ0n) is 12.0. The van der Waals surface area contributed by atoms with E-state index in [-0.39, 0.29) is 5.54 Å². The van der Waals surface area contributed by atoms with E-state index in [9.17, 15) is 0 Å². The smallest absolute Gasteiger partial charge is 0.0372 e. The van der Waals surface area contributed by atoms with Gasteiger partial charge >= 0.3 is 0 Å². The summed E-state index contributed by atoms with van der Waals surface area (Å²) < 4.78 is 0. The van der Waals surface area contributed by atoms with Gasteiger partial charge in [0.15, 0.2) is 0 Å². The monoisotopic (exact) mass is 228 g/mol. The molecule has 3 N–H and O–H groups in total. The molecule has 0 rings (SSSR count). The van der Waals surface area contributed by atoms with Crippen LogP contribution in [0.15, 0.2) is 0 Å². The Morgan fingerprint density at radius 1 is 0.875 bits per heavy atom. The second-order valence-electron chi connectivity index (χ2n) is 5.02. The van der Waals surface area contributed by atoms with Crippen LogP contribution in [0.5, 0.6) is 0 Å². The maximum Gasteiger partial charge on any atom is 0.0372 e. The minimum absolute atomic E-state index is 0.117. The van der Waals surface area contributed by atoms with E-state index in [0.717, 1.165) is 12.8 Å². The number of unbranched alkanes of at least 4 members (excludes halogenated alkanes) is 1. The van der Waals surface area contributed by atoms with E-state index in [0.29, 0.717) is 5.41 Å². The topological polar surface area (TPSA) is 38.0 Å². The lowest BCUT2D eigenvalue weighted by atomic mass is 9.61. The van der Waals surface area contributed by atoms with Crippen molar-refractivity contribution in [3.63, 3.8) is 0 Å². The van der Waals surface area contributed by atoms with Crippen LogP contribution in [0.4, 0.5) is 0 Å². The van der Waals surface area contributed by atoms with Crippen molar-refractivity contribution in [2.24, 2.45) is 11.3 Å². The van der Waals surface area contributed by atoms with E-state index in [1.165, 1.54) is 32.1 Å². The van der Waals surface area contributed by atoms with E-state index in [4.69, 9.17) is 5.84 Å². The Morgan fingerprint density at radius 3 is 1.62 bits per heavy atom. The molecule has 0 heterocycles. The molecule has 0 aromatic rings. The molecular weight excluding hydrogens is 196 g/mol. The standard InChI is InChI=1S/C14H32N2/c1-6-11-12-13(7-2,8-3)14(9-4,10-5)16-15/h16H,6-12,15H2,1-5H3. The SMILES string of the molecule is CCCCC(CC)(CC)C(CC)(CC)NN. The number of hydrogen-bond donors (Lipinski definition) is 2. The summed E-state index contributed by atoms with van der Waals surface area (Å²) in [6.45, 7) is 11.4. The normalized spacial score (nSPS) is 13.1. The van der Waals surface area contributed by atoms with Gasteiger partial charge < -0.3 is 0 Å². The van der Waals surface area contributed by atoms with Crippen LogP contribution in [-0.4, -0.2) is 5.54 Å². The van der Waals surface area contributed by atoms with E-state index in [1.807, 2.05) is 0 Å². The van der Waals surface area contributed by atoms with Gasteiger partial charge in [-0.25, -0.2) is 0 Å². The molecule has 0 aliphatic carbocycles. The first-order valence-corrected chi connectivity index (χ1v) is 7.09. The van der Waals surface area contributed by atoms with Crippen molar-refractivity contribution in [3.8, 4) is 0 Å². The molecular formula is C14H32N2. The van der Waals surface area contributed by atoms with Crippen LogP contribution < -0.4 is 11.3 Å². The summed E-state index contributed by atoms with van der Waals surface area (Å²) in [5, 5.41) is 0. The highest BCUT2D eigenvalue weighted by Gasteiger charge is 2.45.